The molecule has 0 saturated heterocycles. The maximum absolute atomic E-state index is 5.65. The molecule has 0 atom stereocenters. The fourth-order valence-corrected chi connectivity index (χ4v) is 2.76. The molecule has 0 fully saturated rings. The third-order valence-corrected chi connectivity index (χ3v) is 4.40. The molecule has 0 aliphatic carbocycles. The summed E-state index contributed by atoms with van der Waals surface area (Å²) in [4.78, 5) is 11.2. The second kappa shape index (κ2) is 11.4. The SMILES string of the molecule is CC/C(C/C(=N\OCc1ccccc1)c1ccccc1)=N\OCc1ccccc1. The minimum absolute atomic E-state index is 0.431. The summed E-state index contributed by atoms with van der Waals surface area (Å²) in [7, 11) is 0. The maximum atomic E-state index is 5.65. The van der Waals surface area contributed by atoms with Gasteiger partial charge in [-0.15, -0.1) is 0 Å². The van der Waals surface area contributed by atoms with Crippen molar-refractivity contribution in [2.75, 3.05) is 0 Å². The molecule has 4 heteroatoms. The highest BCUT2D eigenvalue weighted by Crippen LogP contribution is 2.10. The van der Waals surface area contributed by atoms with Gasteiger partial charge < -0.3 is 9.68 Å². The molecule has 0 unspecified atom stereocenters. The molecular formula is C25H26N2O2. The van der Waals surface area contributed by atoms with Crippen molar-refractivity contribution in [3.63, 3.8) is 0 Å². The van der Waals surface area contributed by atoms with Gasteiger partial charge >= 0.3 is 0 Å². The van der Waals surface area contributed by atoms with E-state index in [4.69, 9.17) is 9.68 Å². The Hall–Kier alpha value is -3.40. The lowest BCUT2D eigenvalue weighted by Crippen LogP contribution is -2.10. The van der Waals surface area contributed by atoms with Gasteiger partial charge in [0.05, 0.1) is 11.4 Å². The van der Waals surface area contributed by atoms with E-state index in [1.165, 1.54) is 0 Å². The first-order valence-electron chi connectivity index (χ1n) is 9.85. The van der Waals surface area contributed by atoms with Gasteiger partial charge in [0.15, 0.2) is 0 Å². The second-order valence-corrected chi connectivity index (χ2v) is 6.61. The average Bonchev–Trinajstić information content (AvgIpc) is 2.79. The van der Waals surface area contributed by atoms with Crippen molar-refractivity contribution in [1.29, 1.82) is 0 Å². The van der Waals surface area contributed by atoms with Gasteiger partial charge in [0.1, 0.15) is 13.2 Å². The van der Waals surface area contributed by atoms with Crippen LogP contribution in [0.2, 0.25) is 0 Å². The van der Waals surface area contributed by atoms with Gasteiger partial charge in [0.25, 0.3) is 0 Å². The first kappa shape index (κ1) is 20.3. The summed E-state index contributed by atoms with van der Waals surface area (Å²) in [5, 5.41) is 8.77. The van der Waals surface area contributed by atoms with Crippen molar-refractivity contribution in [2.24, 2.45) is 10.3 Å². The minimum Gasteiger partial charge on any atom is -0.391 e. The molecule has 0 saturated carbocycles. The van der Waals surface area contributed by atoms with Crippen LogP contribution in [0, 0.1) is 0 Å². The maximum Gasteiger partial charge on any atom is 0.142 e. The van der Waals surface area contributed by atoms with E-state index in [-0.39, 0.29) is 0 Å². The lowest BCUT2D eigenvalue weighted by Gasteiger charge is -2.09. The number of nitrogens with zero attached hydrogens (tertiary/aromatic N) is 2. The van der Waals surface area contributed by atoms with Crippen LogP contribution in [0.15, 0.2) is 101 Å². The Balaban J connectivity index is 1.67. The second-order valence-electron chi connectivity index (χ2n) is 6.61. The van der Waals surface area contributed by atoms with Crippen molar-refractivity contribution in [2.45, 2.75) is 33.0 Å². The molecule has 0 heterocycles. The summed E-state index contributed by atoms with van der Waals surface area (Å²) in [6.07, 6.45) is 1.35. The van der Waals surface area contributed by atoms with Gasteiger partial charge in [0.2, 0.25) is 0 Å². The first-order valence-corrected chi connectivity index (χ1v) is 9.85. The van der Waals surface area contributed by atoms with Gasteiger partial charge in [-0.25, -0.2) is 0 Å². The Morgan fingerprint density at radius 3 is 1.66 bits per heavy atom. The molecule has 148 valence electrons. The van der Waals surface area contributed by atoms with E-state index in [2.05, 4.69) is 17.2 Å². The number of benzene rings is 3. The Morgan fingerprint density at radius 1 is 0.655 bits per heavy atom. The molecule has 0 radical (unpaired) electrons. The van der Waals surface area contributed by atoms with Crippen LogP contribution in [0.4, 0.5) is 0 Å². The third-order valence-electron chi connectivity index (χ3n) is 4.40. The van der Waals surface area contributed by atoms with E-state index in [0.717, 1.165) is 34.5 Å². The standard InChI is InChI=1S/C25H26N2O2/c1-2-24(26-28-19-21-12-6-3-7-13-21)18-25(23-16-10-5-11-17-23)27-29-20-22-14-8-4-9-15-22/h3-17H,2,18-20H2,1H3/b26-24+,27-25+. The number of hydrogen-bond donors (Lipinski definition) is 0. The van der Waals surface area contributed by atoms with Crippen molar-refractivity contribution in [3.05, 3.63) is 108 Å². The van der Waals surface area contributed by atoms with Crippen LogP contribution in [0.1, 0.15) is 36.5 Å². The van der Waals surface area contributed by atoms with Crippen LogP contribution in [-0.4, -0.2) is 11.4 Å². The van der Waals surface area contributed by atoms with Gasteiger partial charge in [-0.3, -0.25) is 0 Å². The van der Waals surface area contributed by atoms with E-state index >= 15 is 0 Å². The van der Waals surface area contributed by atoms with Crippen LogP contribution in [0.5, 0.6) is 0 Å². The van der Waals surface area contributed by atoms with Gasteiger partial charge in [-0.1, -0.05) is 108 Å². The number of hydrogen-bond acceptors (Lipinski definition) is 4. The van der Waals surface area contributed by atoms with Crippen molar-refractivity contribution < 1.29 is 9.68 Å². The van der Waals surface area contributed by atoms with Crippen molar-refractivity contribution >= 4 is 11.4 Å². The lowest BCUT2D eigenvalue weighted by molar-refractivity contribution is 0.128. The molecule has 3 rings (SSSR count). The molecule has 0 spiro atoms. The summed E-state index contributed by atoms with van der Waals surface area (Å²) in [6.45, 7) is 2.95. The quantitative estimate of drug-likeness (QED) is 0.318. The molecule has 0 aliphatic rings. The summed E-state index contributed by atoms with van der Waals surface area (Å²) in [6, 6.07) is 30.1. The van der Waals surface area contributed by atoms with Crippen LogP contribution in [-0.2, 0) is 22.9 Å². The van der Waals surface area contributed by atoms with Gasteiger partial charge in [-0.2, -0.15) is 0 Å². The molecule has 29 heavy (non-hydrogen) atoms. The van der Waals surface area contributed by atoms with Crippen molar-refractivity contribution in [3.8, 4) is 0 Å². The molecule has 0 aliphatic heterocycles. The zero-order valence-electron chi connectivity index (χ0n) is 16.7. The number of oxime groups is 2. The van der Waals surface area contributed by atoms with Crippen LogP contribution >= 0.6 is 0 Å². The topological polar surface area (TPSA) is 43.2 Å². The zero-order valence-corrected chi connectivity index (χ0v) is 16.7. The molecular weight excluding hydrogens is 360 g/mol. The summed E-state index contributed by atoms with van der Waals surface area (Å²) < 4.78 is 0. The average molecular weight is 386 g/mol. The minimum atomic E-state index is 0.431. The Morgan fingerprint density at radius 2 is 1.14 bits per heavy atom. The summed E-state index contributed by atoms with van der Waals surface area (Å²) >= 11 is 0. The summed E-state index contributed by atoms with van der Waals surface area (Å²) in [5.74, 6) is 0. The molecule has 3 aromatic rings. The van der Waals surface area contributed by atoms with Crippen LogP contribution in [0.3, 0.4) is 0 Å². The molecule has 0 N–H and O–H groups in total. The molecule has 4 nitrogen and oxygen atoms in total. The van der Waals surface area contributed by atoms with E-state index in [9.17, 15) is 0 Å². The van der Waals surface area contributed by atoms with Crippen LogP contribution in [0.25, 0.3) is 0 Å². The van der Waals surface area contributed by atoms with Crippen molar-refractivity contribution in [1.82, 2.24) is 0 Å². The van der Waals surface area contributed by atoms with E-state index < -0.39 is 0 Å². The lowest BCUT2D eigenvalue weighted by atomic mass is 10.0. The predicted octanol–water partition coefficient (Wildman–Crippen LogP) is 5.98. The Kier molecular flexibility index (Phi) is 8.03. The molecule has 3 aromatic carbocycles. The zero-order chi connectivity index (χ0) is 20.2. The Bertz CT molecular complexity index is 907. The fraction of sp³-hybridized carbons (Fsp3) is 0.200. The highest BCUT2D eigenvalue weighted by molar-refractivity contribution is 6.12. The normalized spacial score (nSPS) is 11.9. The van der Waals surface area contributed by atoms with E-state index in [1.54, 1.807) is 0 Å². The third kappa shape index (κ3) is 6.92. The number of rotatable bonds is 10. The molecule has 0 bridgehead atoms. The molecule has 0 aromatic heterocycles. The fourth-order valence-electron chi connectivity index (χ4n) is 2.76. The predicted molar refractivity (Wildman–Crippen MR) is 118 cm³/mol. The first-order chi connectivity index (χ1) is 14.3. The monoisotopic (exact) mass is 386 g/mol. The van der Waals surface area contributed by atoms with Gasteiger partial charge in [-0.05, 0) is 23.1 Å². The van der Waals surface area contributed by atoms with Crippen LogP contribution < -0.4 is 0 Å². The molecule has 0 amide bonds. The van der Waals surface area contributed by atoms with E-state index in [1.807, 2.05) is 91.0 Å². The Labute approximate surface area is 172 Å². The van der Waals surface area contributed by atoms with Gasteiger partial charge in [0, 0.05) is 6.42 Å². The summed E-state index contributed by atoms with van der Waals surface area (Å²) in [5.41, 5.74) is 4.95. The largest absolute Gasteiger partial charge is 0.391 e. The highest BCUT2D eigenvalue weighted by Gasteiger charge is 2.09. The smallest absolute Gasteiger partial charge is 0.142 e. The van der Waals surface area contributed by atoms with E-state index in [0.29, 0.717) is 19.6 Å². The highest BCUT2D eigenvalue weighted by atomic mass is 16.6.